The Bertz CT molecular complexity index is 2980. The second-order valence-electron chi connectivity index (χ2n) is 16.0. The van der Waals surface area contributed by atoms with Gasteiger partial charge in [0.05, 0.1) is 39.1 Å². The standard InChI is InChI=1S/C47H40Cl2N6O8S2/c1-25-46(64-47(51)52-25)65(59,60)55-23-33-21-40-38(54(2)44(57)41(62-40)31-12-14-34(15-13-31)61-24-28-7-16-35(48)36(49)17-28)19-32(33)20-39(55)43(56)53-37(42-45(58)63-42)18-26-3-8-29(9-4-26)30-10-5-27(22-50)6-11-30/h3-17,19,21,37,39,41-42,45,58H,18,20,23-24H2,1-2H3,(H2,51,52)(H,53,56)/t37-,39-,41?,42?,45?/m0/s1. The molecule has 3 aliphatic rings. The second-order valence-corrected chi connectivity index (χ2v) is 19.9. The number of hydrogen-bond acceptors (Lipinski definition) is 12. The number of anilines is 2. The number of hydrogen-bond donors (Lipinski definition) is 3. The van der Waals surface area contributed by atoms with Crippen LogP contribution < -0.4 is 25.4 Å². The fourth-order valence-corrected chi connectivity index (χ4v) is 11.4. The predicted molar refractivity (Wildman–Crippen MR) is 245 cm³/mol. The number of rotatable bonds is 12. The van der Waals surface area contributed by atoms with Crippen LogP contribution in [0.2, 0.25) is 10.0 Å². The number of nitrogens with one attached hydrogen (secondary N) is 1. The summed E-state index contributed by atoms with van der Waals surface area (Å²) in [6, 6.07) is 30.7. The normalized spacial score (nSPS) is 19.6. The molecule has 0 spiro atoms. The van der Waals surface area contributed by atoms with Gasteiger partial charge in [0.25, 0.3) is 15.9 Å². The highest BCUT2D eigenvalue weighted by molar-refractivity contribution is 7.91. The lowest BCUT2D eigenvalue weighted by atomic mass is 9.92. The van der Waals surface area contributed by atoms with E-state index in [1.54, 1.807) is 74.6 Å². The van der Waals surface area contributed by atoms with Crippen LogP contribution in [0.5, 0.6) is 11.5 Å². The van der Waals surface area contributed by atoms with Crippen molar-refractivity contribution in [1.29, 1.82) is 5.26 Å². The molecule has 3 aliphatic heterocycles. The molecule has 0 saturated carbocycles. The first-order valence-corrected chi connectivity index (χ1v) is 23.4. The lowest BCUT2D eigenvalue weighted by Gasteiger charge is -2.38. The molecule has 4 N–H and O–H groups in total. The number of nitrogen functional groups attached to an aromatic ring is 1. The number of aliphatic hydroxyl groups excluding tert-OH is 1. The van der Waals surface area contributed by atoms with E-state index in [0.717, 1.165) is 37.9 Å². The van der Waals surface area contributed by atoms with Gasteiger partial charge in [0.15, 0.2) is 15.6 Å². The van der Waals surface area contributed by atoms with E-state index in [9.17, 15) is 28.4 Å². The van der Waals surface area contributed by atoms with Crippen LogP contribution in [0.25, 0.3) is 11.1 Å². The van der Waals surface area contributed by atoms with Crippen molar-refractivity contribution in [3.05, 3.63) is 152 Å². The minimum absolute atomic E-state index is 0.0454. The third kappa shape index (κ3) is 9.01. The molecule has 0 aliphatic carbocycles. The van der Waals surface area contributed by atoms with Gasteiger partial charge in [0, 0.05) is 19.2 Å². The zero-order valence-corrected chi connectivity index (χ0v) is 37.9. The molecule has 5 atom stereocenters. The van der Waals surface area contributed by atoms with Gasteiger partial charge < -0.3 is 35.3 Å². The van der Waals surface area contributed by atoms with Crippen molar-refractivity contribution in [3.63, 3.8) is 0 Å². The molecule has 9 rings (SSSR count). The molecule has 3 unspecified atom stereocenters. The van der Waals surface area contributed by atoms with Crippen LogP contribution in [0.1, 0.15) is 45.2 Å². The molecule has 2 amide bonds. The van der Waals surface area contributed by atoms with Gasteiger partial charge in [0.2, 0.25) is 12.0 Å². The summed E-state index contributed by atoms with van der Waals surface area (Å²) < 4.78 is 48.0. The second kappa shape index (κ2) is 17.7. The third-order valence-corrected chi connectivity index (χ3v) is 15.9. The third-order valence-electron chi connectivity index (χ3n) is 11.7. The van der Waals surface area contributed by atoms with Gasteiger partial charge in [-0.3, -0.25) is 9.59 Å². The first-order chi connectivity index (χ1) is 31.2. The van der Waals surface area contributed by atoms with E-state index in [-0.39, 0.29) is 46.9 Å². The van der Waals surface area contributed by atoms with Gasteiger partial charge in [-0.05, 0) is 102 Å². The number of nitrogens with two attached hydrogens (primary N) is 1. The van der Waals surface area contributed by atoms with E-state index in [4.69, 9.17) is 43.1 Å². The Morgan fingerprint density at radius 2 is 1.68 bits per heavy atom. The number of benzene rings is 5. The Hall–Kier alpha value is -6.03. The molecule has 6 aromatic rings. The lowest BCUT2D eigenvalue weighted by Crippen LogP contribution is -2.55. The molecule has 5 aromatic carbocycles. The molecule has 332 valence electrons. The number of ether oxygens (including phenoxy) is 3. The first-order valence-electron chi connectivity index (χ1n) is 20.4. The highest BCUT2D eigenvalue weighted by Gasteiger charge is 2.48. The number of epoxide rings is 1. The van der Waals surface area contributed by atoms with Gasteiger partial charge in [-0.15, -0.1) is 0 Å². The van der Waals surface area contributed by atoms with Crippen molar-refractivity contribution in [2.45, 2.75) is 67.7 Å². The van der Waals surface area contributed by atoms with Crippen LogP contribution in [0.15, 0.2) is 107 Å². The van der Waals surface area contributed by atoms with E-state index >= 15 is 0 Å². The molecule has 1 saturated heterocycles. The number of nitrogens with zero attached hydrogens (tertiary/aromatic N) is 4. The Kier molecular flexibility index (Phi) is 12.1. The van der Waals surface area contributed by atoms with Crippen LogP contribution in [0, 0.1) is 18.3 Å². The molecule has 18 heteroatoms. The summed E-state index contributed by atoms with van der Waals surface area (Å²) in [4.78, 5) is 34.1. The minimum Gasteiger partial charge on any atom is -0.489 e. The number of carbonyl (C=O) groups excluding carboxylic acids is 2. The molecular formula is C47H40Cl2N6O8S2. The van der Waals surface area contributed by atoms with Crippen LogP contribution in [-0.2, 0) is 50.3 Å². The molecular weight excluding hydrogens is 912 g/mol. The number of aromatic nitrogens is 1. The summed E-state index contributed by atoms with van der Waals surface area (Å²) in [7, 11) is -2.72. The number of aliphatic hydroxyl groups is 1. The number of likely N-dealkylation sites (N-methyl/N-ethyl adjacent to an activating group) is 1. The topological polar surface area (TPSA) is 201 Å². The quantitative estimate of drug-likeness (QED) is 0.106. The Morgan fingerprint density at radius 1 is 1.00 bits per heavy atom. The minimum atomic E-state index is -4.36. The number of aryl methyl sites for hydroxylation is 1. The van der Waals surface area contributed by atoms with Crippen molar-refractivity contribution in [3.8, 4) is 28.7 Å². The van der Waals surface area contributed by atoms with E-state index in [2.05, 4.69) is 16.4 Å². The van der Waals surface area contributed by atoms with Gasteiger partial charge in [-0.2, -0.15) is 9.57 Å². The van der Waals surface area contributed by atoms with Crippen molar-refractivity contribution in [2.75, 3.05) is 17.7 Å². The first kappa shape index (κ1) is 44.2. The van der Waals surface area contributed by atoms with Crippen molar-refractivity contribution >= 4 is 67.2 Å². The number of fused-ring (bicyclic) bond motifs is 2. The van der Waals surface area contributed by atoms with Crippen molar-refractivity contribution < 1.29 is 37.3 Å². The van der Waals surface area contributed by atoms with E-state index in [1.807, 2.05) is 42.5 Å². The van der Waals surface area contributed by atoms with Crippen molar-refractivity contribution in [2.24, 2.45) is 0 Å². The van der Waals surface area contributed by atoms with Crippen LogP contribution in [-0.4, -0.2) is 66.2 Å². The number of sulfonamides is 1. The summed E-state index contributed by atoms with van der Waals surface area (Å²) in [5.41, 5.74) is 12.5. The van der Waals surface area contributed by atoms with Crippen LogP contribution >= 0.6 is 34.5 Å². The average Bonchev–Trinajstić information content (AvgIpc) is 3.94. The molecule has 4 heterocycles. The Balaban J connectivity index is 0.968. The number of carbonyl (C=O) groups is 2. The van der Waals surface area contributed by atoms with E-state index < -0.39 is 46.5 Å². The summed E-state index contributed by atoms with van der Waals surface area (Å²) in [6.45, 7) is 1.59. The number of halogens is 2. The Labute approximate surface area is 388 Å². The summed E-state index contributed by atoms with van der Waals surface area (Å²) >= 11 is 13.0. The maximum absolute atomic E-state index is 14.6. The van der Waals surface area contributed by atoms with Gasteiger partial charge >= 0.3 is 0 Å². The zero-order valence-electron chi connectivity index (χ0n) is 34.8. The molecule has 0 bridgehead atoms. The average molecular weight is 952 g/mol. The number of amides is 2. The number of nitriles is 1. The molecule has 1 fully saturated rings. The fraction of sp³-hybridized carbons (Fsp3) is 0.234. The molecule has 0 radical (unpaired) electrons. The largest absolute Gasteiger partial charge is 0.489 e. The molecule has 1 aromatic heterocycles. The van der Waals surface area contributed by atoms with E-state index in [0.29, 0.717) is 49.5 Å². The van der Waals surface area contributed by atoms with Crippen molar-refractivity contribution in [1.82, 2.24) is 14.6 Å². The smallest absolute Gasteiger partial charge is 0.272 e. The number of thiazole rings is 1. The van der Waals surface area contributed by atoms with Gasteiger partial charge in [-0.25, -0.2) is 13.4 Å². The fourth-order valence-electron chi connectivity index (χ4n) is 8.14. The maximum Gasteiger partial charge on any atom is 0.272 e. The van der Waals surface area contributed by atoms with Gasteiger partial charge in [0.1, 0.15) is 30.3 Å². The SMILES string of the molecule is Cc1nc(N)sc1S(=O)(=O)N1Cc2cc3c(cc2C[C@H]1C(=O)N[C@@H](Cc1ccc(-c2ccc(C#N)cc2)cc1)C1OC1O)N(C)C(=O)C(c1ccc(OCc2ccc(Cl)c(Cl)c2)cc1)O3. The summed E-state index contributed by atoms with van der Waals surface area (Å²) in [5, 5.41) is 23.5. The lowest BCUT2D eigenvalue weighted by molar-refractivity contribution is -0.127. The highest BCUT2D eigenvalue weighted by atomic mass is 35.5. The Morgan fingerprint density at radius 3 is 2.31 bits per heavy atom. The summed E-state index contributed by atoms with van der Waals surface area (Å²) in [5.74, 6) is -0.00517. The maximum atomic E-state index is 14.6. The highest BCUT2D eigenvalue weighted by Crippen LogP contribution is 2.43. The monoisotopic (exact) mass is 950 g/mol. The van der Waals surface area contributed by atoms with E-state index in [1.165, 1.54) is 4.90 Å². The summed E-state index contributed by atoms with van der Waals surface area (Å²) in [6.07, 6.45) is -2.62. The molecule has 14 nitrogen and oxygen atoms in total. The molecule has 65 heavy (non-hydrogen) atoms. The van der Waals surface area contributed by atoms with Gasteiger partial charge in [-0.1, -0.05) is 89.1 Å². The predicted octanol–water partition coefficient (Wildman–Crippen LogP) is 7.12. The van der Waals surface area contributed by atoms with Crippen LogP contribution in [0.4, 0.5) is 10.8 Å². The zero-order chi connectivity index (χ0) is 45.7. The van der Waals surface area contributed by atoms with Crippen LogP contribution in [0.3, 0.4) is 0 Å².